The maximum absolute atomic E-state index is 11.8. The quantitative estimate of drug-likeness (QED) is 0.444. The average Bonchev–Trinajstić information content (AvgIpc) is 2.60. The van der Waals surface area contributed by atoms with Gasteiger partial charge in [0.05, 0.1) is 18.6 Å². The minimum absolute atomic E-state index is 0.00245. The molecule has 25 heavy (non-hydrogen) atoms. The van der Waals surface area contributed by atoms with Gasteiger partial charge in [-0.3, -0.25) is 10.1 Å². The van der Waals surface area contributed by atoms with Gasteiger partial charge in [-0.05, 0) is 24.3 Å². The summed E-state index contributed by atoms with van der Waals surface area (Å²) < 4.78 is 10.6. The number of halogens is 1. The van der Waals surface area contributed by atoms with Gasteiger partial charge in [0, 0.05) is 17.8 Å². The van der Waals surface area contributed by atoms with Crippen LogP contribution < -0.4 is 20.1 Å². The third-order valence-corrected chi connectivity index (χ3v) is 3.42. The molecule has 0 saturated heterocycles. The number of hydrogen-bond acceptors (Lipinski definition) is 5. The second kappa shape index (κ2) is 8.74. The first-order chi connectivity index (χ1) is 12.0. The minimum Gasteiger partial charge on any atom is -0.497 e. The second-order valence-electron chi connectivity index (χ2n) is 4.83. The number of carbonyl (C=O) groups is 1. The zero-order valence-corrected chi connectivity index (χ0v) is 14.1. The summed E-state index contributed by atoms with van der Waals surface area (Å²) >= 11 is 5.71. The molecule has 0 spiro atoms. The molecule has 0 heterocycles. The van der Waals surface area contributed by atoms with Gasteiger partial charge in [0.1, 0.15) is 23.1 Å². The van der Waals surface area contributed by atoms with E-state index in [4.69, 9.17) is 21.1 Å². The summed E-state index contributed by atoms with van der Waals surface area (Å²) in [5.74, 6) is 1.29. The number of hydrogen-bond donors (Lipinski definition) is 2. The number of ether oxygens (including phenoxy) is 2. The highest BCUT2D eigenvalue weighted by atomic mass is 35.5. The first kappa shape index (κ1) is 18.3. The zero-order chi connectivity index (χ0) is 18.2. The monoisotopic (exact) mass is 365 g/mol. The van der Waals surface area contributed by atoms with Gasteiger partial charge in [-0.15, -0.1) is 0 Å². The van der Waals surface area contributed by atoms with Crippen LogP contribution in [-0.2, 0) is 0 Å². The van der Waals surface area contributed by atoms with Gasteiger partial charge in [-0.1, -0.05) is 17.7 Å². The number of nitro benzene ring substituents is 1. The van der Waals surface area contributed by atoms with E-state index in [0.29, 0.717) is 11.5 Å². The summed E-state index contributed by atoms with van der Waals surface area (Å²) in [6, 6.07) is 10.6. The molecule has 0 aliphatic rings. The normalized spacial score (nSPS) is 10.0. The Kier molecular flexibility index (Phi) is 6.41. The SMILES string of the molecule is COc1cccc(OCCNC(=O)Nc2ccc(Cl)c([N+](=O)[O-])c2)c1. The molecule has 2 amide bonds. The summed E-state index contributed by atoms with van der Waals surface area (Å²) in [6.07, 6.45) is 0. The topological polar surface area (TPSA) is 103 Å². The van der Waals surface area contributed by atoms with Crippen molar-refractivity contribution >= 4 is 29.0 Å². The maximum Gasteiger partial charge on any atom is 0.319 e. The highest BCUT2D eigenvalue weighted by Gasteiger charge is 2.13. The van der Waals surface area contributed by atoms with Crippen LogP contribution in [0.1, 0.15) is 0 Å². The van der Waals surface area contributed by atoms with E-state index in [2.05, 4.69) is 10.6 Å². The van der Waals surface area contributed by atoms with Gasteiger partial charge in [0.15, 0.2) is 0 Å². The maximum atomic E-state index is 11.8. The molecule has 2 rings (SSSR count). The highest BCUT2D eigenvalue weighted by Crippen LogP contribution is 2.27. The largest absolute Gasteiger partial charge is 0.497 e. The van der Waals surface area contributed by atoms with Crippen LogP contribution in [0.15, 0.2) is 42.5 Å². The van der Waals surface area contributed by atoms with Crippen molar-refractivity contribution in [2.24, 2.45) is 0 Å². The van der Waals surface area contributed by atoms with Crippen molar-refractivity contribution in [3.63, 3.8) is 0 Å². The lowest BCUT2D eigenvalue weighted by molar-refractivity contribution is -0.384. The Morgan fingerprint density at radius 2 is 2.00 bits per heavy atom. The number of benzene rings is 2. The summed E-state index contributed by atoms with van der Waals surface area (Å²) in [6.45, 7) is 0.500. The number of nitrogens with zero attached hydrogens (tertiary/aromatic N) is 1. The van der Waals surface area contributed by atoms with Crippen LogP contribution >= 0.6 is 11.6 Å². The lowest BCUT2D eigenvalue weighted by Gasteiger charge is -2.10. The van der Waals surface area contributed by atoms with Crippen molar-refractivity contribution in [3.8, 4) is 11.5 Å². The van der Waals surface area contributed by atoms with Gasteiger partial charge in [0.2, 0.25) is 0 Å². The molecule has 0 saturated carbocycles. The Morgan fingerprint density at radius 3 is 2.72 bits per heavy atom. The zero-order valence-electron chi connectivity index (χ0n) is 13.3. The van der Waals surface area contributed by atoms with E-state index in [1.54, 1.807) is 31.4 Å². The molecule has 132 valence electrons. The van der Waals surface area contributed by atoms with Crippen LogP contribution in [0.2, 0.25) is 5.02 Å². The first-order valence-electron chi connectivity index (χ1n) is 7.25. The molecular weight excluding hydrogens is 350 g/mol. The molecule has 9 heteroatoms. The summed E-state index contributed by atoms with van der Waals surface area (Å²) in [5.41, 5.74) is -0.0110. The molecule has 0 unspecified atom stereocenters. The average molecular weight is 366 g/mol. The molecule has 0 aromatic heterocycles. The molecule has 0 bridgehead atoms. The number of urea groups is 1. The molecular formula is C16H16ClN3O5. The molecule has 2 aromatic carbocycles. The van der Waals surface area contributed by atoms with E-state index in [1.165, 1.54) is 18.2 Å². The Morgan fingerprint density at radius 1 is 1.24 bits per heavy atom. The van der Waals surface area contributed by atoms with Gasteiger partial charge >= 0.3 is 6.03 Å². The number of carbonyl (C=O) groups excluding carboxylic acids is 1. The molecule has 2 aromatic rings. The van der Waals surface area contributed by atoms with Gasteiger partial charge < -0.3 is 20.1 Å². The second-order valence-corrected chi connectivity index (χ2v) is 5.24. The van der Waals surface area contributed by atoms with Gasteiger partial charge in [0.25, 0.3) is 5.69 Å². The van der Waals surface area contributed by atoms with E-state index in [1.807, 2.05) is 0 Å². The van der Waals surface area contributed by atoms with E-state index in [9.17, 15) is 14.9 Å². The predicted octanol–water partition coefficient (Wildman–Crippen LogP) is 3.46. The summed E-state index contributed by atoms with van der Waals surface area (Å²) in [5, 5.41) is 15.9. The fourth-order valence-electron chi connectivity index (χ4n) is 1.93. The van der Waals surface area contributed by atoms with Gasteiger partial charge in [-0.2, -0.15) is 0 Å². The first-order valence-corrected chi connectivity index (χ1v) is 7.63. The van der Waals surface area contributed by atoms with Crippen LogP contribution in [-0.4, -0.2) is 31.2 Å². The molecule has 0 aliphatic heterocycles. The number of rotatable bonds is 7. The number of methoxy groups -OCH3 is 1. The van der Waals surface area contributed by atoms with Crippen molar-refractivity contribution < 1.29 is 19.2 Å². The molecule has 0 atom stereocenters. The van der Waals surface area contributed by atoms with E-state index >= 15 is 0 Å². The number of nitrogens with one attached hydrogen (secondary N) is 2. The molecule has 0 aliphatic carbocycles. The highest BCUT2D eigenvalue weighted by molar-refractivity contribution is 6.32. The number of anilines is 1. The third kappa shape index (κ3) is 5.54. The van der Waals surface area contributed by atoms with Crippen LogP contribution in [0.4, 0.5) is 16.2 Å². The predicted molar refractivity (Wildman–Crippen MR) is 93.6 cm³/mol. The van der Waals surface area contributed by atoms with Crippen LogP contribution in [0, 0.1) is 10.1 Å². The third-order valence-electron chi connectivity index (χ3n) is 3.10. The van der Waals surface area contributed by atoms with Gasteiger partial charge in [-0.25, -0.2) is 4.79 Å². The van der Waals surface area contributed by atoms with Crippen LogP contribution in [0.3, 0.4) is 0 Å². The number of amides is 2. The molecule has 0 radical (unpaired) electrons. The standard InChI is InChI=1S/C16H16ClN3O5/c1-24-12-3-2-4-13(10-12)25-8-7-18-16(21)19-11-5-6-14(17)15(9-11)20(22)23/h2-6,9-10H,7-8H2,1H3,(H2,18,19,21). The smallest absolute Gasteiger partial charge is 0.319 e. The fraction of sp³-hybridized carbons (Fsp3) is 0.188. The van der Waals surface area contributed by atoms with Crippen molar-refractivity contribution in [1.29, 1.82) is 0 Å². The summed E-state index contributed by atoms with van der Waals surface area (Å²) in [4.78, 5) is 22.0. The van der Waals surface area contributed by atoms with Crippen LogP contribution in [0.5, 0.6) is 11.5 Å². The van der Waals surface area contributed by atoms with Crippen molar-refractivity contribution in [2.45, 2.75) is 0 Å². The Bertz CT molecular complexity index is 769. The van der Waals surface area contributed by atoms with E-state index in [-0.39, 0.29) is 29.5 Å². The van der Waals surface area contributed by atoms with Crippen molar-refractivity contribution in [3.05, 3.63) is 57.6 Å². The van der Waals surface area contributed by atoms with Crippen molar-refractivity contribution in [2.75, 3.05) is 25.6 Å². The van der Waals surface area contributed by atoms with E-state index in [0.717, 1.165) is 0 Å². The fourth-order valence-corrected chi connectivity index (χ4v) is 2.12. The molecule has 2 N–H and O–H groups in total. The molecule has 0 fully saturated rings. The Balaban J connectivity index is 1.79. The van der Waals surface area contributed by atoms with E-state index < -0.39 is 11.0 Å². The number of nitro groups is 1. The van der Waals surface area contributed by atoms with Crippen LogP contribution in [0.25, 0.3) is 0 Å². The minimum atomic E-state index is -0.618. The summed E-state index contributed by atoms with van der Waals surface area (Å²) in [7, 11) is 1.56. The molecule has 8 nitrogen and oxygen atoms in total. The Hall–Kier alpha value is -3.00. The lowest BCUT2D eigenvalue weighted by Crippen LogP contribution is -2.32. The van der Waals surface area contributed by atoms with Crippen molar-refractivity contribution in [1.82, 2.24) is 5.32 Å². The Labute approximate surface area is 148 Å². The lowest BCUT2D eigenvalue weighted by atomic mass is 10.3.